The van der Waals surface area contributed by atoms with E-state index in [1.165, 1.54) is 17.0 Å². The number of carboxylic acid groups (broad SMARTS) is 1. The molecule has 3 heterocycles. The number of benzene rings is 2. The van der Waals surface area contributed by atoms with E-state index in [0.717, 1.165) is 29.5 Å². The highest BCUT2D eigenvalue weighted by Gasteiger charge is 2.32. The second-order valence-electron chi connectivity index (χ2n) is 16.5. The fraction of sp³-hybridized carbons (Fsp3) is 0.523. The number of carbonyl (C=O) groups excluding carboxylic acids is 3. The molecule has 3 amide bonds. The molecule has 0 spiro atoms. The molecule has 2 saturated heterocycles. The van der Waals surface area contributed by atoms with Crippen molar-refractivity contribution < 1.29 is 46.4 Å². The standard InChI is InChI=1S/C44H58N4O10S/c1-31-7-16-38(17-8-31)59(54,55)57-25-24-56-37-14-11-32(12-15-37)9-10-34-26-36(29-45-28-34)39(27-41(50)58-44(2,3)4)46-42(51)35-6-5-21-48(30-35)40(49)18-13-33-19-22-47(23-20-33)43(52)53/h7-8,11-12,14-17,26,28-29,33,35,39H,5-6,9-10,13,18-25,27,30H2,1-4H3,(H,46,51)(H,52,53)/t35-,39+/m1/s1. The van der Waals surface area contributed by atoms with Crippen molar-refractivity contribution in [2.45, 2.75) is 102 Å². The minimum absolute atomic E-state index is 0.00402. The summed E-state index contributed by atoms with van der Waals surface area (Å²) in [6, 6.07) is 15.2. The highest BCUT2D eigenvalue weighted by molar-refractivity contribution is 7.86. The largest absolute Gasteiger partial charge is 0.491 e. The van der Waals surface area contributed by atoms with Crippen molar-refractivity contribution in [3.05, 3.63) is 89.2 Å². The van der Waals surface area contributed by atoms with Gasteiger partial charge in [-0.25, -0.2) is 4.79 Å². The van der Waals surface area contributed by atoms with Gasteiger partial charge in [0.05, 0.1) is 23.3 Å². The zero-order chi connectivity index (χ0) is 42.6. The summed E-state index contributed by atoms with van der Waals surface area (Å²) < 4.78 is 41.3. The van der Waals surface area contributed by atoms with Crippen molar-refractivity contribution in [2.24, 2.45) is 11.8 Å². The van der Waals surface area contributed by atoms with Gasteiger partial charge in [0.1, 0.15) is 24.6 Å². The minimum Gasteiger partial charge on any atom is -0.491 e. The molecule has 0 aliphatic carbocycles. The van der Waals surface area contributed by atoms with Crippen LogP contribution in [0.1, 0.15) is 94.0 Å². The molecule has 0 unspecified atom stereocenters. The van der Waals surface area contributed by atoms with Gasteiger partial charge < -0.3 is 29.7 Å². The summed E-state index contributed by atoms with van der Waals surface area (Å²) in [4.78, 5) is 59.1. The summed E-state index contributed by atoms with van der Waals surface area (Å²) >= 11 is 0. The van der Waals surface area contributed by atoms with E-state index in [9.17, 15) is 32.7 Å². The number of amides is 3. The van der Waals surface area contributed by atoms with Gasteiger partial charge in [0.15, 0.2) is 0 Å². The summed E-state index contributed by atoms with van der Waals surface area (Å²) in [6.07, 6.45) is 7.59. The van der Waals surface area contributed by atoms with Crippen molar-refractivity contribution in [3.63, 3.8) is 0 Å². The summed E-state index contributed by atoms with van der Waals surface area (Å²) in [5.41, 5.74) is 2.88. The monoisotopic (exact) mass is 834 g/mol. The molecule has 2 aromatic carbocycles. The molecule has 1 aromatic heterocycles. The number of pyridine rings is 1. The van der Waals surface area contributed by atoms with Crippen LogP contribution in [0.3, 0.4) is 0 Å². The first kappa shape index (κ1) is 45.1. The average molecular weight is 835 g/mol. The number of nitrogens with one attached hydrogen (secondary N) is 1. The Balaban J connectivity index is 1.14. The Bertz CT molecular complexity index is 1990. The van der Waals surface area contributed by atoms with E-state index in [1.54, 1.807) is 50.2 Å². The van der Waals surface area contributed by atoms with Gasteiger partial charge in [0.25, 0.3) is 10.1 Å². The lowest BCUT2D eigenvalue weighted by molar-refractivity contribution is -0.155. The molecule has 2 aliphatic rings. The minimum atomic E-state index is -3.87. The number of carbonyl (C=O) groups is 4. The van der Waals surface area contributed by atoms with Gasteiger partial charge in [-0.15, -0.1) is 0 Å². The number of aromatic nitrogens is 1. The molecule has 0 bridgehead atoms. The van der Waals surface area contributed by atoms with Crippen LogP contribution in [-0.4, -0.2) is 97.2 Å². The zero-order valence-corrected chi connectivity index (χ0v) is 35.4. The number of aryl methyl sites for hydroxylation is 3. The van der Waals surface area contributed by atoms with Crippen molar-refractivity contribution >= 4 is 34.0 Å². The highest BCUT2D eigenvalue weighted by Crippen LogP contribution is 2.26. The molecule has 2 aliphatic heterocycles. The maximum Gasteiger partial charge on any atom is 0.407 e. The molecule has 2 fully saturated rings. The van der Waals surface area contributed by atoms with Crippen LogP contribution in [-0.2, 0) is 46.3 Å². The van der Waals surface area contributed by atoms with Crippen molar-refractivity contribution in [3.8, 4) is 5.75 Å². The normalized spacial score (nSPS) is 16.9. The molecule has 5 rings (SSSR count). The van der Waals surface area contributed by atoms with Gasteiger partial charge in [0.2, 0.25) is 11.8 Å². The second-order valence-corrected chi connectivity index (χ2v) is 18.1. The van der Waals surface area contributed by atoms with E-state index in [2.05, 4.69) is 10.3 Å². The average Bonchev–Trinajstić information content (AvgIpc) is 3.20. The Kier molecular flexibility index (Phi) is 15.9. The highest BCUT2D eigenvalue weighted by atomic mass is 32.2. The van der Waals surface area contributed by atoms with Crippen LogP contribution in [0.25, 0.3) is 0 Å². The lowest BCUT2D eigenvalue weighted by Crippen LogP contribution is -2.46. The van der Waals surface area contributed by atoms with Crippen LogP contribution >= 0.6 is 0 Å². The van der Waals surface area contributed by atoms with Crippen LogP contribution in [0.2, 0.25) is 0 Å². The first-order valence-corrected chi connectivity index (χ1v) is 21.8. The van der Waals surface area contributed by atoms with Gasteiger partial charge in [-0.3, -0.25) is 23.6 Å². The smallest absolute Gasteiger partial charge is 0.407 e. The lowest BCUT2D eigenvalue weighted by atomic mass is 9.91. The maximum absolute atomic E-state index is 13.8. The molecule has 59 heavy (non-hydrogen) atoms. The summed E-state index contributed by atoms with van der Waals surface area (Å²) in [5.74, 6) is -0.238. The Morgan fingerprint density at radius 2 is 1.59 bits per heavy atom. The van der Waals surface area contributed by atoms with Gasteiger partial charge in [-0.05, 0) is 120 Å². The topological polar surface area (TPSA) is 182 Å². The van der Waals surface area contributed by atoms with Crippen LogP contribution in [0, 0.1) is 18.8 Å². The first-order chi connectivity index (χ1) is 28.0. The van der Waals surface area contributed by atoms with Gasteiger partial charge >= 0.3 is 12.1 Å². The number of hydrogen-bond donors (Lipinski definition) is 2. The summed E-state index contributed by atoms with van der Waals surface area (Å²) in [5, 5.41) is 12.3. The number of ether oxygens (including phenoxy) is 2. The predicted octanol–water partition coefficient (Wildman–Crippen LogP) is 6.26. The van der Waals surface area contributed by atoms with E-state index in [-0.39, 0.29) is 36.3 Å². The summed E-state index contributed by atoms with van der Waals surface area (Å²) in [6.45, 7) is 9.03. The van der Waals surface area contributed by atoms with E-state index in [0.29, 0.717) is 81.9 Å². The fourth-order valence-electron chi connectivity index (χ4n) is 7.36. The van der Waals surface area contributed by atoms with Crippen LogP contribution in [0.15, 0.2) is 71.9 Å². The molecular weight excluding hydrogens is 777 g/mol. The molecule has 0 saturated carbocycles. The quantitative estimate of drug-likeness (QED) is 0.0891. The van der Waals surface area contributed by atoms with Gasteiger partial charge in [-0.2, -0.15) is 8.42 Å². The van der Waals surface area contributed by atoms with E-state index in [4.69, 9.17) is 13.7 Å². The molecule has 320 valence electrons. The second kappa shape index (κ2) is 20.8. The molecule has 0 radical (unpaired) electrons. The Hall–Kier alpha value is -5.02. The molecular formula is C44H58N4O10S. The first-order valence-electron chi connectivity index (χ1n) is 20.4. The van der Waals surface area contributed by atoms with Gasteiger partial charge in [0, 0.05) is 45.0 Å². The number of esters is 1. The molecule has 14 nitrogen and oxygen atoms in total. The Morgan fingerprint density at radius 3 is 2.27 bits per heavy atom. The molecule has 2 atom stereocenters. The van der Waals surface area contributed by atoms with E-state index in [1.807, 2.05) is 37.3 Å². The number of rotatable bonds is 17. The fourth-order valence-corrected chi connectivity index (χ4v) is 8.25. The Morgan fingerprint density at radius 1 is 0.898 bits per heavy atom. The third-order valence-corrected chi connectivity index (χ3v) is 12.0. The predicted molar refractivity (Wildman–Crippen MR) is 220 cm³/mol. The van der Waals surface area contributed by atoms with Crippen LogP contribution in [0.4, 0.5) is 4.79 Å². The van der Waals surface area contributed by atoms with Crippen LogP contribution < -0.4 is 10.1 Å². The molecule has 2 N–H and O–H groups in total. The Labute approximate surface area is 347 Å². The molecule has 15 heteroatoms. The van der Waals surface area contributed by atoms with Crippen molar-refractivity contribution in [1.29, 1.82) is 0 Å². The number of piperidine rings is 2. The third-order valence-electron chi connectivity index (χ3n) is 10.6. The number of nitrogens with zero attached hydrogens (tertiary/aromatic N) is 3. The third kappa shape index (κ3) is 14.3. The number of likely N-dealkylation sites (tertiary alicyclic amines) is 2. The number of hydrogen-bond acceptors (Lipinski definition) is 10. The maximum atomic E-state index is 13.8. The van der Waals surface area contributed by atoms with E-state index < -0.39 is 39.7 Å². The van der Waals surface area contributed by atoms with E-state index >= 15 is 0 Å². The van der Waals surface area contributed by atoms with Crippen molar-refractivity contribution in [2.75, 3.05) is 39.4 Å². The van der Waals surface area contributed by atoms with Crippen molar-refractivity contribution in [1.82, 2.24) is 20.1 Å². The van der Waals surface area contributed by atoms with Crippen LogP contribution in [0.5, 0.6) is 5.75 Å². The lowest BCUT2D eigenvalue weighted by Gasteiger charge is -2.34. The molecule has 3 aromatic rings. The van der Waals surface area contributed by atoms with Gasteiger partial charge in [-0.1, -0.05) is 35.9 Å². The summed E-state index contributed by atoms with van der Waals surface area (Å²) in [7, 11) is -3.87. The zero-order valence-electron chi connectivity index (χ0n) is 34.6. The SMILES string of the molecule is Cc1ccc(S(=O)(=O)OCCOc2ccc(CCc3cncc([C@H](CC(=O)OC(C)(C)C)NC(=O)[C@@H]4CCCN(C(=O)CCC5CCN(C(=O)O)CC5)C4)c3)cc2)cc1.